The van der Waals surface area contributed by atoms with Gasteiger partial charge in [-0.3, -0.25) is 14.9 Å². The Kier molecular flexibility index (Phi) is 4.91. The number of rotatable bonds is 5. The SMILES string of the molecule is CCNC(=O)CN(C)c1cccc(Cl)c1[N+](=O)[O-]. The van der Waals surface area contributed by atoms with Gasteiger partial charge in [0, 0.05) is 13.6 Å². The molecule has 0 atom stereocenters. The molecule has 98 valence electrons. The molecule has 1 aromatic rings. The lowest BCUT2D eigenvalue weighted by molar-refractivity contribution is -0.384. The number of amides is 1. The Morgan fingerprint density at radius 3 is 2.78 bits per heavy atom. The first-order valence-corrected chi connectivity index (χ1v) is 5.76. The smallest absolute Gasteiger partial charge is 0.310 e. The van der Waals surface area contributed by atoms with Gasteiger partial charge in [-0.05, 0) is 19.1 Å². The summed E-state index contributed by atoms with van der Waals surface area (Å²) in [5.41, 5.74) is 0.129. The summed E-state index contributed by atoms with van der Waals surface area (Å²) < 4.78 is 0. The molecule has 0 bridgehead atoms. The van der Waals surface area contributed by atoms with Crippen molar-refractivity contribution in [1.82, 2.24) is 5.32 Å². The fourth-order valence-corrected chi connectivity index (χ4v) is 1.78. The van der Waals surface area contributed by atoms with Crippen LogP contribution in [-0.4, -0.2) is 31.0 Å². The lowest BCUT2D eigenvalue weighted by Gasteiger charge is -2.18. The number of carbonyl (C=O) groups is 1. The number of halogens is 1. The van der Waals surface area contributed by atoms with Gasteiger partial charge in [-0.15, -0.1) is 0 Å². The molecule has 1 amide bonds. The highest BCUT2D eigenvalue weighted by atomic mass is 35.5. The van der Waals surface area contributed by atoms with E-state index in [1.807, 2.05) is 0 Å². The molecule has 0 aliphatic carbocycles. The number of nitro groups is 1. The van der Waals surface area contributed by atoms with Crippen molar-refractivity contribution in [2.45, 2.75) is 6.92 Å². The molecule has 0 unspecified atom stereocenters. The first-order chi connectivity index (χ1) is 8.47. The van der Waals surface area contributed by atoms with E-state index in [2.05, 4.69) is 5.32 Å². The molecular formula is C11H14ClN3O3. The summed E-state index contributed by atoms with van der Waals surface area (Å²) in [6, 6.07) is 4.62. The van der Waals surface area contributed by atoms with Gasteiger partial charge in [-0.2, -0.15) is 0 Å². The van der Waals surface area contributed by atoms with E-state index < -0.39 is 4.92 Å². The fourth-order valence-electron chi connectivity index (χ4n) is 1.55. The number of nitrogens with zero attached hydrogens (tertiary/aromatic N) is 2. The number of anilines is 1. The van der Waals surface area contributed by atoms with Gasteiger partial charge < -0.3 is 10.2 Å². The number of nitrogens with one attached hydrogen (secondary N) is 1. The average molecular weight is 272 g/mol. The molecule has 0 aliphatic rings. The monoisotopic (exact) mass is 271 g/mol. The van der Waals surface area contributed by atoms with Crippen LogP contribution in [0.3, 0.4) is 0 Å². The number of hydrogen-bond donors (Lipinski definition) is 1. The van der Waals surface area contributed by atoms with E-state index in [1.54, 1.807) is 26.1 Å². The molecule has 0 saturated heterocycles. The summed E-state index contributed by atoms with van der Waals surface area (Å²) in [6.07, 6.45) is 0. The zero-order valence-corrected chi connectivity index (χ0v) is 10.9. The molecule has 18 heavy (non-hydrogen) atoms. The number of nitro benzene ring substituents is 1. The topological polar surface area (TPSA) is 75.5 Å². The molecule has 1 aromatic carbocycles. The second-order valence-electron chi connectivity index (χ2n) is 3.67. The van der Waals surface area contributed by atoms with Crippen LogP contribution in [-0.2, 0) is 4.79 Å². The second-order valence-corrected chi connectivity index (χ2v) is 4.08. The quantitative estimate of drug-likeness (QED) is 0.655. The van der Waals surface area contributed by atoms with Crippen LogP contribution in [0.25, 0.3) is 0 Å². The number of hydrogen-bond acceptors (Lipinski definition) is 4. The van der Waals surface area contributed by atoms with E-state index in [4.69, 9.17) is 11.6 Å². The number of benzene rings is 1. The van der Waals surface area contributed by atoms with Gasteiger partial charge in [0.05, 0.1) is 11.5 Å². The molecule has 0 spiro atoms. The van der Waals surface area contributed by atoms with Crippen LogP contribution in [0.1, 0.15) is 6.92 Å². The second kappa shape index (κ2) is 6.20. The van der Waals surface area contributed by atoms with E-state index in [9.17, 15) is 14.9 Å². The molecule has 0 heterocycles. The van der Waals surface area contributed by atoms with Gasteiger partial charge in [0.15, 0.2) is 0 Å². The van der Waals surface area contributed by atoms with Gasteiger partial charge in [0.25, 0.3) is 0 Å². The number of likely N-dealkylation sites (N-methyl/N-ethyl adjacent to an activating group) is 2. The Morgan fingerprint density at radius 2 is 2.22 bits per heavy atom. The van der Waals surface area contributed by atoms with Crippen molar-refractivity contribution in [1.29, 1.82) is 0 Å². The van der Waals surface area contributed by atoms with Gasteiger partial charge in [0.1, 0.15) is 10.7 Å². The van der Waals surface area contributed by atoms with Crippen molar-refractivity contribution in [3.05, 3.63) is 33.3 Å². The van der Waals surface area contributed by atoms with Crippen LogP contribution < -0.4 is 10.2 Å². The number of para-hydroxylation sites is 1. The van der Waals surface area contributed by atoms with Crippen LogP contribution >= 0.6 is 11.6 Å². The van der Waals surface area contributed by atoms with Crippen LogP contribution in [0.5, 0.6) is 0 Å². The third-order valence-electron chi connectivity index (χ3n) is 2.31. The summed E-state index contributed by atoms with van der Waals surface area (Å²) in [5, 5.41) is 13.6. The van der Waals surface area contributed by atoms with E-state index in [1.165, 1.54) is 11.0 Å². The summed E-state index contributed by atoms with van der Waals surface area (Å²) in [7, 11) is 1.61. The largest absolute Gasteiger partial charge is 0.360 e. The van der Waals surface area contributed by atoms with E-state index in [0.29, 0.717) is 12.2 Å². The highest BCUT2D eigenvalue weighted by Crippen LogP contribution is 2.34. The minimum absolute atomic E-state index is 0.0367. The van der Waals surface area contributed by atoms with Crippen LogP contribution in [0.2, 0.25) is 5.02 Å². The standard InChI is InChI=1S/C11H14ClN3O3/c1-3-13-10(16)7-14(2)9-6-4-5-8(12)11(9)15(17)18/h4-6H,3,7H2,1-2H3,(H,13,16). The molecule has 0 radical (unpaired) electrons. The zero-order valence-electron chi connectivity index (χ0n) is 10.1. The summed E-state index contributed by atoms with van der Waals surface area (Å²) in [6.45, 7) is 2.36. The average Bonchev–Trinajstić information content (AvgIpc) is 2.28. The molecule has 1 N–H and O–H groups in total. The van der Waals surface area contributed by atoms with Crippen molar-refractivity contribution in [2.24, 2.45) is 0 Å². The van der Waals surface area contributed by atoms with E-state index >= 15 is 0 Å². The highest BCUT2D eigenvalue weighted by Gasteiger charge is 2.21. The maximum Gasteiger partial charge on any atom is 0.310 e. The summed E-state index contributed by atoms with van der Waals surface area (Å²) in [4.78, 5) is 23.3. The predicted molar refractivity (Wildman–Crippen MR) is 70.1 cm³/mol. The van der Waals surface area contributed by atoms with Gasteiger partial charge in [-0.1, -0.05) is 17.7 Å². The lowest BCUT2D eigenvalue weighted by Crippen LogP contribution is -2.35. The summed E-state index contributed by atoms with van der Waals surface area (Å²) >= 11 is 5.80. The molecule has 0 aliphatic heterocycles. The first-order valence-electron chi connectivity index (χ1n) is 5.38. The zero-order chi connectivity index (χ0) is 13.7. The highest BCUT2D eigenvalue weighted by molar-refractivity contribution is 6.33. The lowest BCUT2D eigenvalue weighted by atomic mass is 10.2. The van der Waals surface area contributed by atoms with Gasteiger partial charge in [0.2, 0.25) is 5.91 Å². The van der Waals surface area contributed by atoms with Crippen molar-refractivity contribution in [3.8, 4) is 0 Å². The Hall–Kier alpha value is -1.82. The van der Waals surface area contributed by atoms with Gasteiger partial charge in [-0.25, -0.2) is 0 Å². The maximum absolute atomic E-state index is 11.4. The van der Waals surface area contributed by atoms with Crippen LogP contribution in [0, 0.1) is 10.1 Å². The molecule has 0 saturated carbocycles. The Balaban J connectivity index is 2.98. The molecule has 7 heteroatoms. The third-order valence-corrected chi connectivity index (χ3v) is 2.62. The first kappa shape index (κ1) is 14.2. The minimum atomic E-state index is -0.550. The van der Waals surface area contributed by atoms with Crippen LogP contribution in [0.15, 0.2) is 18.2 Å². The maximum atomic E-state index is 11.4. The molecule has 0 aromatic heterocycles. The van der Waals surface area contributed by atoms with Gasteiger partial charge >= 0.3 is 5.69 Å². The number of carbonyl (C=O) groups excluding carboxylic acids is 1. The van der Waals surface area contributed by atoms with Crippen molar-refractivity contribution < 1.29 is 9.72 Å². The van der Waals surface area contributed by atoms with E-state index in [0.717, 1.165) is 0 Å². The Bertz CT molecular complexity index is 465. The summed E-state index contributed by atoms with van der Waals surface area (Å²) in [5.74, 6) is -0.200. The normalized spacial score (nSPS) is 9.94. The van der Waals surface area contributed by atoms with Crippen LogP contribution in [0.4, 0.5) is 11.4 Å². The van der Waals surface area contributed by atoms with Crippen molar-refractivity contribution in [2.75, 3.05) is 25.0 Å². The predicted octanol–water partition coefficient (Wildman–Crippen LogP) is 1.82. The van der Waals surface area contributed by atoms with E-state index in [-0.39, 0.29) is 23.2 Å². The molecular weight excluding hydrogens is 258 g/mol. The molecule has 6 nitrogen and oxygen atoms in total. The third kappa shape index (κ3) is 3.33. The van der Waals surface area contributed by atoms with Crippen molar-refractivity contribution >= 4 is 28.9 Å². The molecule has 0 fully saturated rings. The fraction of sp³-hybridized carbons (Fsp3) is 0.364. The minimum Gasteiger partial charge on any atom is -0.360 e. The Labute approximate surface area is 110 Å². The van der Waals surface area contributed by atoms with Crippen molar-refractivity contribution in [3.63, 3.8) is 0 Å². The molecule has 1 rings (SSSR count). The Morgan fingerprint density at radius 1 is 1.56 bits per heavy atom.